The number of hydrogen-bond acceptors (Lipinski definition) is 3. The van der Waals surface area contributed by atoms with Crippen LogP contribution in [0.2, 0.25) is 0 Å². The summed E-state index contributed by atoms with van der Waals surface area (Å²) in [5.74, 6) is -1.12. The average Bonchev–Trinajstić information content (AvgIpc) is 2.75. The van der Waals surface area contributed by atoms with Gasteiger partial charge < -0.3 is 10.2 Å². The first-order valence-corrected chi connectivity index (χ1v) is 7.55. The number of benzene rings is 1. The molecule has 126 valence electrons. The molecule has 1 aliphatic carbocycles. The van der Waals surface area contributed by atoms with Gasteiger partial charge in [0.05, 0.1) is 11.7 Å². The van der Waals surface area contributed by atoms with Crippen LogP contribution in [-0.4, -0.2) is 40.3 Å². The smallest absolute Gasteiger partial charge is 0.416 e. The lowest BCUT2D eigenvalue weighted by Crippen LogP contribution is -2.41. The van der Waals surface area contributed by atoms with Crippen LogP contribution in [0, 0.1) is 5.41 Å². The monoisotopic (exact) mass is 329 g/mol. The number of β-amino-alcohol motifs (C(OH)–C–C–N with tert-alkyl or cyclic N) is 1. The Morgan fingerprint density at radius 3 is 2.26 bits per heavy atom. The highest BCUT2D eigenvalue weighted by Gasteiger charge is 2.52. The molecule has 2 unspecified atom stereocenters. The van der Waals surface area contributed by atoms with E-state index in [1.54, 1.807) is 4.90 Å². The van der Waals surface area contributed by atoms with Gasteiger partial charge in [0.2, 0.25) is 0 Å². The zero-order valence-electron chi connectivity index (χ0n) is 12.4. The van der Waals surface area contributed by atoms with E-state index in [0.29, 0.717) is 12.1 Å². The molecular formula is C16H18F3NO3. The maximum atomic E-state index is 12.6. The number of alkyl halides is 3. The van der Waals surface area contributed by atoms with Crippen molar-refractivity contribution in [2.24, 2.45) is 5.41 Å². The van der Waals surface area contributed by atoms with Gasteiger partial charge in [-0.15, -0.1) is 0 Å². The van der Waals surface area contributed by atoms with Crippen LogP contribution in [0.1, 0.15) is 36.4 Å². The number of carboxylic acid groups (broad SMARTS) is 1. The molecular weight excluding hydrogens is 311 g/mol. The first kappa shape index (κ1) is 16.3. The molecule has 1 saturated heterocycles. The predicted octanol–water partition coefficient (Wildman–Crippen LogP) is 2.68. The summed E-state index contributed by atoms with van der Waals surface area (Å²) in [6.07, 6.45) is -2.28. The first-order valence-electron chi connectivity index (χ1n) is 7.55. The Kier molecular flexibility index (Phi) is 3.88. The Bertz CT molecular complexity index is 596. The van der Waals surface area contributed by atoms with Gasteiger partial charge in [-0.3, -0.25) is 9.69 Å². The number of hydrogen-bond donors (Lipinski definition) is 2. The number of carboxylic acids is 1. The molecule has 0 aromatic heterocycles. The van der Waals surface area contributed by atoms with E-state index in [2.05, 4.69) is 0 Å². The number of halogens is 3. The molecule has 1 spiro atoms. The molecule has 7 heteroatoms. The van der Waals surface area contributed by atoms with E-state index in [1.165, 1.54) is 12.1 Å². The molecule has 2 atom stereocenters. The van der Waals surface area contributed by atoms with Gasteiger partial charge >= 0.3 is 12.1 Å². The van der Waals surface area contributed by atoms with Crippen LogP contribution >= 0.6 is 0 Å². The third-order valence-corrected chi connectivity index (χ3v) is 5.13. The van der Waals surface area contributed by atoms with Crippen molar-refractivity contribution in [3.05, 3.63) is 35.4 Å². The number of rotatable bonds is 3. The Hall–Kier alpha value is -1.60. The van der Waals surface area contributed by atoms with E-state index >= 15 is 0 Å². The summed E-state index contributed by atoms with van der Waals surface area (Å²) in [7, 11) is 0. The van der Waals surface area contributed by atoms with Crippen molar-refractivity contribution in [2.75, 3.05) is 13.1 Å². The second-order valence-electron chi connectivity index (χ2n) is 6.52. The highest BCUT2D eigenvalue weighted by Crippen LogP contribution is 2.49. The molecule has 23 heavy (non-hydrogen) atoms. The van der Waals surface area contributed by atoms with Crippen molar-refractivity contribution < 1.29 is 28.2 Å². The standard InChI is InChI=1S/C16H18F3NO3/c17-16(18,19)11-4-2-10(3-5-11)13(14(22)23)20-8-12(21)15(9-20)6-1-7-15/h2-5,12-13,21H,1,6-9H2,(H,22,23). The molecule has 2 N–H and O–H groups in total. The molecule has 0 radical (unpaired) electrons. The third kappa shape index (κ3) is 2.83. The van der Waals surface area contributed by atoms with Gasteiger partial charge in [-0.1, -0.05) is 18.6 Å². The van der Waals surface area contributed by atoms with Crippen molar-refractivity contribution >= 4 is 5.97 Å². The van der Waals surface area contributed by atoms with Gasteiger partial charge in [0.15, 0.2) is 0 Å². The highest BCUT2D eigenvalue weighted by molar-refractivity contribution is 5.75. The second-order valence-corrected chi connectivity index (χ2v) is 6.52. The zero-order chi connectivity index (χ0) is 16.8. The molecule has 0 amide bonds. The Balaban J connectivity index is 1.84. The van der Waals surface area contributed by atoms with Crippen molar-refractivity contribution in [2.45, 2.75) is 37.6 Å². The molecule has 0 bridgehead atoms. The molecule has 4 nitrogen and oxygen atoms in total. The molecule has 1 aliphatic heterocycles. The van der Waals surface area contributed by atoms with E-state index < -0.39 is 29.9 Å². The summed E-state index contributed by atoms with van der Waals surface area (Å²) >= 11 is 0. The van der Waals surface area contributed by atoms with Gasteiger partial charge in [0.1, 0.15) is 6.04 Å². The maximum absolute atomic E-state index is 12.6. The lowest BCUT2D eigenvalue weighted by atomic mass is 9.67. The molecule has 1 aromatic rings. The number of aliphatic hydroxyl groups is 1. The van der Waals surface area contributed by atoms with Crippen molar-refractivity contribution in [3.63, 3.8) is 0 Å². The molecule has 1 heterocycles. The van der Waals surface area contributed by atoms with Crippen LogP contribution in [0.25, 0.3) is 0 Å². The predicted molar refractivity (Wildman–Crippen MR) is 75.7 cm³/mol. The number of aliphatic hydroxyl groups excluding tert-OH is 1. The average molecular weight is 329 g/mol. The highest BCUT2D eigenvalue weighted by atomic mass is 19.4. The molecule has 1 saturated carbocycles. The van der Waals surface area contributed by atoms with Gasteiger partial charge in [-0.25, -0.2) is 0 Å². The molecule has 1 aromatic carbocycles. The molecule has 2 fully saturated rings. The van der Waals surface area contributed by atoms with Crippen molar-refractivity contribution in [3.8, 4) is 0 Å². The van der Waals surface area contributed by atoms with Crippen LogP contribution in [0.3, 0.4) is 0 Å². The van der Waals surface area contributed by atoms with Gasteiger partial charge in [0, 0.05) is 18.5 Å². The van der Waals surface area contributed by atoms with E-state index in [1.807, 2.05) is 0 Å². The molecule has 2 aliphatic rings. The number of carbonyl (C=O) groups is 1. The SMILES string of the molecule is O=C(O)C(c1ccc(C(F)(F)F)cc1)N1CC(O)C2(CCC2)C1. The van der Waals surface area contributed by atoms with E-state index in [-0.39, 0.29) is 12.0 Å². The molecule has 3 rings (SSSR count). The third-order valence-electron chi connectivity index (χ3n) is 5.13. The van der Waals surface area contributed by atoms with Gasteiger partial charge in [0.25, 0.3) is 0 Å². The summed E-state index contributed by atoms with van der Waals surface area (Å²) in [6, 6.07) is 3.18. The minimum Gasteiger partial charge on any atom is -0.480 e. The fraction of sp³-hybridized carbons (Fsp3) is 0.562. The van der Waals surface area contributed by atoms with Crippen molar-refractivity contribution in [1.82, 2.24) is 4.90 Å². The fourth-order valence-electron chi connectivity index (χ4n) is 3.67. The summed E-state index contributed by atoms with van der Waals surface area (Å²) in [5.41, 5.74) is -0.740. The summed E-state index contributed by atoms with van der Waals surface area (Å²) in [4.78, 5) is 13.3. The van der Waals surface area contributed by atoms with Gasteiger partial charge in [-0.2, -0.15) is 13.2 Å². The van der Waals surface area contributed by atoms with E-state index in [4.69, 9.17) is 0 Å². The zero-order valence-corrected chi connectivity index (χ0v) is 12.4. The normalized spacial score (nSPS) is 25.3. The van der Waals surface area contributed by atoms with Crippen LogP contribution in [0.4, 0.5) is 13.2 Å². The first-order chi connectivity index (χ1) is 10.7. The quantitative estimate of drug-likeness (QED) is 0.895. The van der Waals surface area contributed by atoms with Crippen LogP contribution in [0.5, 0.6) is 0 Å². The number of likely N-dealkylation sites (tertiary alicyclic amines) is 1. The summed E-state index contributed by atoms with van der Waals surface area (Å²) in [5, 5.41) is 19.7. The van der Waals surface area contributed by atoms with Crippen LogP contribution in [-0.2, 0) is 11.0 Å². The second kappa shape index (κ2) is 5.49. The lowest BCUT2D eigenvalue weighted by Gasteiger charge is -2.41. The van der Waals surface area contributed by atoms with Crippen LogP contribution in [0.15, 0.2) is 24.3 Å². The van der Waals surface area contributed by atoms with Gasteiger partial charge in [-0.05, 0) is 30.5 Å². The van der Waals surface area contributed by atoms with E-state index in [0.717, 1.165) is 31.4 Å². The Morgan fingerprint density at radius 1 is 1.26 bits per heavy atom. The fourth-order valence-corrected chi connectivity index (χ4v) is 3.67. The largest absolute Gasteiger partial charge is 0.480 e. The minimum absolute atomic E-state index is 0.234. The van der Waals surface area contributed by atoms with Crippen molar-refractivity contribution in [1.29, 1.82) is 0 Å². The number of nitrogens with zero attached hydrogens (tertiary/aromatic N) is 1. The topological polar surface area (TPSA) is 60.8 Å². The Labute approximate surface area is 131 Å². The summed E-state index contributed by atoms with van der Waals surface area (Å²) in [6.45, 7) is 0.699. The van der Waals surface area contributed by atoms with E-state index in [9.17, 15) is 28.2 Å². The number of aliphatic carboxylic acids is 1. The Morgan fingerprint density at radius 2 is 1.87 bits per heavy atom. The summed E-state index contributed by atoms with van der Waals surface area (Å²) < 4.78 is 37.9. The lowest BCUT2D eigenvalue weighted by molar-refractivity contribution is -0.143. The van der Waals surface area contributed by atoms with Crippen LogP contribution < -0.4 is 0 Å². The minimum atomic E-state index is -4.45. The maximum Gasteiger partial charge on any atom is 0.416 e.